The Morgan fingerprint density at radius 2 is 1.74 bits per heavy atom. The Labute approximate surface area is 196 Å². The number of amides is 2. The van der Waals surface area contributed by atoms with Gasteiger partial charge in [-0.3, -0.25) is 9.69 Å². The van der Waals surface area contributed by atoms with Gasteiger partial charge in [0.2, 0.25) is 5.91 Å². The number of rotatable bonds is 4. The molecule has 0 spiro atoms. The molecule has 2 fully saturated rings. The number of aryl methyl sites for hydroxylation is 1. The minimum Gasteiger partial charge on any atom is -0.371 e. The minimum atomic E-state index is -4.43. The number of benzene rings is 1. The van der Waals surface area contributed by atoms with Gasteiger partial charge in [0, 0.05) is 63.6 Å². The number of aromatic nitrogens is 2. The molecule has 0 bridgehead atoms. The second-order valence-electron chi connectivity index (χ2n) is 8.95. The lowest BCUT2D eigenvalue weighted by molar-refractivity contribution is -0.137. The summed E-state index contributed by atoms with van der Waals surface area (Å²) in [5, 5.41) is 4.17. The molecule has 1 aromatic carbocycles. The maximum absolute atomic E-state index is 13.4. The van der Waals surface area contributed by atoms with E-state index in [4.69, 9.17) is 5.73 Å². The van der Waals surface area contributed by atoms with Gasteiger partial charge in [0.05, 0.1) is 11.3 Å². The number of hydrogen-bond donors (Lipinski definition) is 1. The first-order valence-electron chi connectivity index (χ1n) is 11.4. The van der Waals surface area contributed by atoms with Crippen LogP contribution < -0.4 is 10.6 Å². The molecule has 0 saturated carbocycles. The first-order valence-corrected chi connectivity index (χ1v) is 11.4. The van der Waals surface area contributed by atoms with Crippen molar-refractivity contribution < 1.29 is 22.8 Å². The first kappa shape index (κ1) is 24.1. The largest absolute Gasteiger partial charge is 0.416 e. The lowest BCUT2D eigenvalue weighted by Crippen LogP contribution is -2.49. The lowest BCUT2D eigenvalue weighted by Gasteiger charge is -2.37. The van der Waals surface area contributed by atoms with Crippen LogP contribution in [0.3, 0.4) is 0 Å². The molecule has 0 unspecified atom stereocenters. The van der Waals surface area contributed by atoms with Gasteiger partial charge in [-0.05, 0) is 43.5 Å². The van der Waals surface area contributed by atoms with Gasteiger partial charge in [0.1, 0.15) is 0 Å². The summed E-state index contributed by atoms with van der Waals surface area (Å²) in [5.74, 6) is -0.601. The third-order valence-electron chi connectivity index (χ3n) is 6.61. The smallest absolute Gasteiger partial charge is 0.371 e. The van der Waals surface area contributed by atoms with Gasteiger partial charge >= 0.3 is 12.2 Å². The number of hydrogen-bond acceptors (Lipinski definition) is 5. The van der Waals surface area contributed by atoms with Gasteiger partial charge in [0.15, 0.2) is 0 Å². The predicted molar refractivity (Wildman–Crippen MR) is 120 cm³/mol. The Balaban J connectivity index is 1.45. The lowest BCUT2D eigenvalue weighted by atomic mass is 9.95. The van der Waals surface area contributed by atoms with E-state index >= 15 is 0 Å². The summed E-state index contributed by atoms with van der Waals surface area (Å²) < 4.78 is 41.6. The van der Waals surface area contributed by atoms with Crippen LogP contribution in [0.15, 0.2) is 30.5 Å². The highest BCUT2D eigenvalue weighted by Crippen LogP contribution is 2.35. The minimum absolute atomic E-state index is 0.180. The Hall–Kier alpha value is -3.08. The van der Waals surface area contributed by atoms with E-state index in [1.54, 1.807) is 23.2 Å². The molecule has 2 amide bonds. The van der Waals surface area contributed by atoms with E-state index in [9.17, 15) is 22.8 Å². The maximum atomic E-state index is 13.4. The van der Waals surface area contributed by atoms with Gasteiger partial charge < -0.3 is 15.5 Å². The van der Waals surface area contributed by atoms with Crippen LogP contribution in [0.2, 0.25) is 0 Å². The van der Waals surface area contributed by atoms with Crippen molar-refractivity contribution in [2.75, 3.05) is 44.2 Å². The molecule has 4 rings (SSSR count). The number of piperidine rings is 1. The number of nitrogens with two attached hydrogens (primary N) is 1. The van der Waals surface area contributed by atoms with Gasteiger partial charge in [0.25, 0.3) is 0 Å². The third kappa shape index (κ3) is 5.35. The summed E-state index contributed by atoms with van der Waals surface area (Å²) in [6.45, 7) is 5.49. The van der Waals surface area contributed by atoms with Crippen LogP contribution in [0.4, 0.5) is 23.7 Å². The molecule has 2 aliphatic heterocycles. The monoisotopic (exact) mass is 478 g/mol. The summed E-state index contributed by atoms with van der Waals surface area (Å²) in [4.78, 5) is 29.9. The third-order valence-corrected chi connectivity index (χ3v) is 6.61. The molecule has 8 nitrogen and oxygen atoms in total. The molecule has 0 radical (unpaired) electrons. The number of nitrogens with zero attached hydrogens (tertiary/aromatic N) is 5. The van der Waals surface area contributed by atoms with E-state index in [1.807, 2.05) is 11.8 Å². The molecule has 3 heterocycles. The summed E-state index contributed by atoms with van der Waals surface area (Å²) in [6.07, 6.45) is -1.74. The average Bonchev–Trinajstić information content (AvgIpc) is 3.25. The number of carbonyl (C=O) groups is 2. The molecule has 0 aliphatic carbocycles. The summed E-state index contributed by atoms with van der Waals surface area (Å²) in [7, 11) is 0. The van der Waals surface area contributed by atoms with Gasteiger partial charge in [-0.1, -0.05) is 6.07 Å². The number of piperazine rings is 1. The van der Waals surface area contributed by atoms with E-state index in [2.05, 4.69) is 10.00 Å². The first-order chi connectivity index (χ1) is 16.1. The van der Waals surface area contributed by atoms with Crippen molar-refractivity contribution in [3.63, 3.8) is 0 Å². The highest BCUT2D eigenvalue weighted by Gasteiger charge is 2.33. The standard InChI is InChI=1S/C23H29F3N6O2/c1-16-4-9-32(28-16)22(34)31-12-10-29(11-13-31)15-18-2-3-19(23(24,25)26)14-20(18)30-7-5-17(6-8-30)21(27)33/h2-4,9,14,17H,5-8,10-13,15H2,1H3,(H2,27,33). The number of alkyl halides is 3. The predicted octanol–water partition coefficient (Wildman–Crippen LogP) is 2.70. The van der Waals surface area contributed by atoms with Crippen LogP contribution in [-0.4, -0.2) is 70.8 Å². The highest BCUT2D eigenvalue weighted by molar-refractivity contribution is 5.77. The van der Waals surface area contributed by atoms with Crippen molar-refractivity contribution in [1.29, 1.82) is 0 Å². The van der Waals surface area contributed by atoms with Crippen molar-refractivity contribution in [3.05, 3.63) is 47.3 Å². The molecule has 2 aliphatic rings. The number of primary amides is 1. The van der Waals surface area contributed by atoms with Crippen LogP contribution in [-0.2, 0) is 17.5 Å². The Bertz CT molecular complexity index is 1040. The van der Waals surface area contributed by atoms with Crippen LogP contribution in [0.5, 0.6) is 0 Å². The zero-order chi connectivity index (χ0) is 24.5. The molecule has 34 heavy (non-hydrogen) atoms. The van der Waals surface area contributed by atoms with Crippen molar-refractivity contribution >= 4 is 17.6 Å². The van der Waals surface area contributed by atoms with Gasteiger partial charge in [-0.15, -0.1) is 0 Å². The van der Waals surface area contributed by atoms with Crippen molar-refractivity contribution in [1.82, 2.24) is 19.6 Å². The van der Waals surface area contributed by atoms with E-state index in [-0.39, 0.29) is 17.9 Å². The topological polar surface area (TPSA) is 87.7 Å². The average molecular weight is 479 g/mol. The Morgan fingerprint density at radius 3 is 2.29 bits per heavy atom. The zero-order valence-corrected chi connectivity index (χ0v) is 19.1. The van der Waals surface area contributed by atoms with Crippen molar-refractivity contribution in [2.45, 2.75) is 32.5 Å². The molecule has 2 saturated heterocycles. The van der Waals surface area contributed by atoms with Crippen molar-refractivity contribution in [2.24, 2.45) is 11.7 Å². The normalized spacial score (nSPS) is 18.4. The fraction of sp³-hybridized carbons (Fsp3) is 0.522. The van der Waals surface area contributed by atoms with Gasteiger partial charge in [-0.2, -0.15) is 23.0 Å². The molecular weight excluding hydrogens is 449 g/mol. The zero-order valence-electron chi connectivity index (χ0n) is 19.1. The fourth-order valence-electron chi connectivity index (χ4n) is 4.58. The second-order valence-corrected chi connectivity index (χ2v) is 8.95. The molecule has 0 atom stereocenters. The molecule has 2 N–H and O–H groups in total. The van der Waals surface area contributed by atoms with Crippen LogP contribution in [0.25, 0.3) is 0 Å². The maximum Gasteiger partial charge on any atom is 0.416 e. The van der Waals surface area contributed by atoms with E-state index < -0.39 is 11.7 Å². The molecule has 184 valence electrons. The van der Waals surface area contributed by atoms with Crippen LogP contribution >= 0.6 is 0 Å². The molecular formula is C23H29F3N6O2. The highest BCUT2D eigenvalue weighted by atomic mass is 19.4. The quantitative estimate of drug-likeness (QED) is 0.730. The van der Waals surface area contributed by atoms with Crippen LogP contribution in [0.1, 0.15) is 29.7 Å². The SMILES string of the molecule is Cc1ccn(C(=O)N2CCN(Cc3ccc(C(F)(F)F)cc3N3CCC(C(N)=O)CC3)CC2)n1. The van der Waals surface area contributed by atoms with Crippen molar-refractivity contribution in [3.8, 4) is 0 Å². The van der Waals surface area contributed by atoms with Crippen LogP contribution in [0, 0.1) is 12.8 Å². The van der Waals surface area contributed by atoms with E-state index in [0.29, 0.717) is 64.3 Å². The Morgan fingerprint density at radius 1 is 1.06 bits per heavy atom. The summed E-state index contributed by atoms with van der Waals surface area (Å²) >= 11 is 0. The summed E-state index contributed by atoms with van der Waals surface area (Å²) in [6, 6.07) is 5.46. The van der Waals surface area contributed by atoms with E-state index in [1.165, 1.54) is 10.7 Å². The molecule has 11 heteroatoms. The number of carbonyl (C=O) groups excluding carboxylic acids is 2. The number of halogens is 3. The molecule has 1 aromatic heterocycles. The molecule has 2 aromatic rings. The van der Waals surface area contributed by atoms with E-state index in [0.717, 1.165) is 17.3 Å². The number of anilines is 1. The second kappa shape index (κ2) is 9.65. The fourth-order valence-corrected chi connectivity index (χ4v) is 4.58. The summed E-state index contributed by atoms with van der Waals surface area (Å²) in [5.41, 5.74) is 6.83. The Kier molecular flexibility index (Phi) is 6.83. The van der Waals surface area contributed by atoms with Gasteiger partial charge in [-0.25, -0.2) is 4.79 Å².